The topological polar surface area (TPSA) is 69.0 Å². The Morgan fingerprint density at radius 2 is 1.87 bits per heavy atom. The van der Waals surface area contributed by atoms with Crippen LogP contribution in [0.2, 0.25) is 0 Å². The van der Waals surface area contributed by atoms with Gasteiger partial charge in [-0.2, -0.15) is 0 Å². The molecular formula is C23H26N4O2S. The number of hydrogen-bond donors (Lipinski definition) is 1. The number of amides is 1. The lowest BCUT2D eigenvalue weighted by molar-refractivity contribution is -0.120. The van der Waals surface area contributed by atoms with Crippen molar-refractivity contribution >= 4 is 17.7 Å². The van der Waals surface area contributed by atoms with Gasteiger partial charge in [0.25, 0.3) is 0 Å². The van der Waals surface area contributed by atoms with Gasteiger partial charge in [0.15, 0.2) is 5.16 Å². The van der Waals surface area contributed by atoms with Crippen LogP contribution in [0.15, 0.2) is 59.8 Å². The molecule has 1 atom stereocenters. The molecule has 0 radical (unpaired) electrons. The second kappa shape index (κ2) is 9.34. The molecule has 1 heterocycles. The summed E-state index contributed by atoms with van der Waals surface area (Å²) >= 11 is 1.46. The van der Waals surface area contributed by atoms with E-state index >= 15 is 0 Å². The van der Waals surface area contributed by atoms with Gasteiger partial charge < -0.3 is 14.6 Å². The highest BCUT2D eigenvalue weighted by Crippen LogP contribution is 2.40. The number of hydrogen-bond acceptors (Lipinski definition) is 5. The Hall–Kier alpha value is -2.80. The van der Waals surface area contributed by atoms with Crippen molar-refractivity contribution in [2.24, 2.45) is 0 Å². The lowest BCUT2D eigenvalue weighted by atomic mass is 10.2. The first kappa shape index (κ1) is 20.5. The van der Waals surface area contributed by atoms with Crippen LogP contribution < -0.4 is 10.1 Å². The molecule has 0 aliphatic heterocycles. The van der Waals surface area contributed by atoms with Crippen molar-refractivity contribution in [3.63, 3.8) is 0 Å². The summed E-state index contributed by atoms with van der Waals surface area (Å²) in [6.45, 7) is 3.12. The maximum Gasteiger partial charge on any atom is 0.233 e. The van der Waals surface area contributed by atoms with Crippen LogP contribution in [0.4, 0.5) is 0 Å². The second-order valence-electron chi connectivity index (χ2n) is 7.51. The largest absolute Gasteiger partial charge is 0.497 e. The average Bonchev–Trinajstić information content (AvgIpc) is 3.56. The number of rotatable bonds is 9. The summed E-state index contributed by atoms with van der Waals surface area (Å²) in [7, 11) is 1.64. The molecule has 1 aliphatic rings. The highest BCUT2D eigenvalue weighted by atomic mass is 32.2. The first-order chi connectivity index (χ1) is 14.6. The summed E-state index contributed by atoms with van der Waals surface area (Å²) in [4.78, 5) is 12.7. The van der Waals surface area contributed by atoms with Crippen molar-refractivity contribution in [2.75, 3.05) is 7.11 Å². The van der Waals surface area contributed by atoms with Gasteiger partial charge in [-0.1, -0.05) is 54.2 Å². The molecule has 0 spiro atoms. The molecule has 1 aliphatic carbocycles. The van der Waals surface area contributed by atoms with E-state index in [1.165, 1.54) is 17.3 Å². The van der Waals surface area contributed by atoms with Gasteiger partial charge in [-0.15, -0.1) is 10.2 Å². The van der Waals surface area contributed by atoms with Gasteiger partial charge in [-0.25, -0.2) is 0 Å². The Balaban J connectivity index is 1.40. The van der Waals surface area contributed by atoms with E-state index in [1.807, 2.05) is 49.4 Å². The fourth-order valence-corrected chi connectivity index (χ4v) is 4.11. The highest BCUT2D eigenvalue weighted by Gasteiger charge is 2.31. The van der Waals surface area contributed by atoms with E-state index < -0.39 is 0 Å². The molecule has 0 unspecified atom stereocenters. The number of carbonyl (C=O) groups excluding carboxylic acids is 1. The molecule has 1 aromatic heterocycles. The van der Waals surface area contributed by atoms with Gasteiger partial charge in [-0.3, -0.25) is 4.79 Å². The Kier molecular flexibility index (Phi) is 6.38. The minimum Gasteiger partial charge on any atom is -0.497 e. The lowest BCUT2D eigenvalue weighted by Gasteiger charge is -2.14. The zero-order valence-electron chi connectivity index (χ0n) is 17.2. The van der Waals surface area contributed by atoms with Crippen LogP contribution >= 0.6 is 11.8 Å². The minimum atomic E-state index is -0.269. The third kappa shape index (κ3) is 5.02. The van der Waals surface area contributed by atoms with Gasteiger partial charge >= 0.3 is 0 Å². The molecule has 0 bridgehead atoms. The number of benzene rings is 2. The number of nitrogens with one attached hydrogen (secondary N) is 1. The van der Waals surface area contributed by atoms with Gasteiger partial charge in [0, 0.05) is 12.5 Å². The molecule has 4 rings (SSSR count). The maximum atomic E-state index is 12.7. The number of nitrogens with zero attached hydrogens (tertiary/aromatic N) is 3. The molecule has 3 aromatic rings. The predicted octanol–water partition coefficient (Wildman–Crippen LogP) is 4.01. The van der Waals surface area contributed by atoms with Gasteiger partial charge in [-0.05, 0) is 43.0 Å². The third-order valence-electron chi connectivity index (χ3n) is 5.15. The van der Waals surface area contributed by atoms with Crippen LogP contribution in [-0.4, -0.2) is 33.0 Å². The van der Waals surface area contributed by atoms with Crippen LogP contribution in [0.3, 0.4) is 0 Å². The Morgan fingerprint density at radius 1 is 1.13 bits per heavy atom. The molecule has 1 saturated carbocycles. The lowest BCUT2D eigenvalue weighted by Crippen LogP contribution is -2.30. The monoisotopic (exact) mass is 422 g/mol. The summed E-state index contributed by atoms with van der Waals surface area (Å²) in [5.41, 5.74) is 2.24. The highest BCUT2D eigenvalue weighted by molar-refractivity contribution is 8.00. The molecule has 7 heteroatoms. The minimum absolute atomic E-state index is 0.0157. The number of thioether (sulfide) groups is 1. The number of methoxy groups -OCH3 is 1. The molecule has 1 N–H and O–H groups in total. The zero-order valence-corrected chi connectivity index (χ0v) is 18.1. The average molecular weight is 423 g/mol. The van der Waals surface area contributed by atoms with E-state index in [-0.39, 0.29) is 11.2 Å². The smallest absolute Gasteiger partial charge is 0.233 e. The van der Waals surface area contributed by atoms with Crippen molar-refractivity contribution < 1.29 is 9.53 Å². The van der Waals surface area contributed by atoms with Crippen LogP contribution in [0.1, 0.15) is 42.6 Å². The van der Waals surface area contributed by atoms with E-state index in [1.54, 1.807) is 7.11 Å². The van der Waals surface area contributed by atoms with E-state index in [0.717, 1.165) is 41.7 Å². The van der Waals surface area contributed by atoms with Gasteiger partial charge in [0.1, 0.15) is 11.6 Å². The molecule has 1 amide bonds. The number of ether oxygens (including phenoxy) is 1. The normalized spacial score (nSPS) is 14.3. The van der Waals surface area contributed by atoms with Crippen molar-refractivity contribution in [2.45, 2.75) is 49.2 Å². The molecular weight excluding hydrogens is 396 g/mol. The Bertz CT molecular complexity index is 984. The Labute approximate surface area is 181 Å². The fraction of sp³-hybridized carbons (Fsp3) is 0.348. The fourth-order valence-electron chi connectivity index (χ4n) is 3.23. The van der Waals surface area contributed by atoms with Gasteiger partial charge in [0.2, 0.25) is 5.91 Å². The van der Waals surface area contributed by atoms with Crippen LogP contribution in [-0.2, 0) is 17.9 Å². The van der Waals surface area contributed by atoms with Crippen molar-refractivity contribution in [3.8, 4) is 5.75 Å². The van der Waals surface area contributed by atoms with E-state index in [2.05, 4.69) is 32.2 Å². The predicted molar refractivity (Wildman–Crippen MR) is 118 cm³/mol. The molecule has 0 saturated heterocycles. The summed E-state index contributed by atoms with van der Waals surface area (Å²) in [5, 5.41) is 12.4. The van der Waals surface area contributed by atoms with Crippen molar-refractivity contribution in [3.05, 3.63) is 71.5 Å². The first-order valence-corrected chi connectivity index (χ1v) is 11.1. The summed E-state index contributed by atoms with van der Waals surface area (Å²) in [6, 6.07) is 18.0. The third-order valence-corrected chi connectivity index (χ3v) is 6.23. The van der Waals surface area contributed by atoms with Crippen LogP contribution in [0, 0.1) is 0 Å². The SMILES string of the molecule is COc1ccc(CNC(=O)[C@@H](C)Sc2nnc(C3CC3)n2Cc2ccccc2)cc1. The quantitative estimate of drug-likeness (QED) is 0.528. The molecule has 6 nitrogen and oxygen atoms in total. The van der Waals surface area contributed by atoms with Crippen LogP contribution in [0.25, 0.3) is 0 Å². The molecule has 156 valence electrons. The first-order valence-electron chi connectivity index (χ1n) is 10.2. The molecule has 30 heavy (non-hydrogen) atoms. The molecule has 2 aromatic carbocycles. The summed E-state index contributed by atoms with van der Waals surface area (Å²) < 4.78 is 7.34. The van der Waals surface area contributed by atoms with E-state index in [0.29, 0.717) is 12.5 Å². The summed E-state index contributed by atoms with van der Waals surface area (Å²) in [5.74, 6) is 2.32. The maximum absolute atomic E-state index is 12.7. The number of carbonyl (C=O) groups is 1. The van der Waals surface area contributed by atoms with Crippen molar-refractivity contribution in [1.29, 1.82) is 0 Å². The second-order valence-corrected chi connectivity index (χ2v) is 8.82. The Morgan fingerprint density at radius 3 is 2.53 bits per heavy atom. The van der Waals surface area contributed by atoms with E-state index in [4.69, 9.17) is 4.74 Å². The molecule has 1 fully saturated rings. The zero-order chi connectivity index (χ0) is 20.9. The van der Waals surface area contributed by atoms with E-state index in [9.17, 15) is 4.79 Å². The van der Waals surface area contributed by atoms with Crippen molar-refractivity contribution in [1.82, 2.24) is 20.1 Å². The standard InChI is InChI=1S/C23H26N4O2S/c1-16(22(28)24-14-17-8-12-20(29-2)13-9-17)30-23-26-25-21(19-10-11-19)27(23)15-18-6-4-3-5-7-18/h3-9,12-13,16,19H,10-11,14-15H2,1-2H3,(H,24,28)/t16-/m1/s1. The number of aromatic nitrogens is 3. The van der Waals surface area contributed by atoms with Gasteiger partial charge in [0.05, 0.1) is 18.9 Å². The van der Waals surface area contributed by atoms with Crippen LogP contribution in [0.5, 0.6) is 5.75 Å². The summed E-state index contributed by atoms with van der Waals surface area (Å²) in [6.07, 6.45) is 2.32.